The van der Waals surface area contributed by atoms with E-state index >= 15 is 0 Å². The van der Waals surface area contributed by atoms with Gasteiger partial charge in [-0.2, -0.15) is 0 Å². The Bertz CT molecular complexity index is 156. The third kappa shape index (κ3) is 1.89. The lowest BCUT2D eigenvalue weighted by atomic mass is 9.84. The Balaban J connectivity index is 0.000000396. The Morgan fingerprint density at radius 3 is 2.08 bits per heavy atom. The molecule has 1 spiro atoms. The summed E-state index contributed by atoms with van der Waals surface area (Å²) >= 11 is 0. The summed E-state index contributed by atoms with van der Waals surface area (Å²) < 4.78 is 0. The van der Waals surface area contributed by atoms with Crippen LogP contribution in [0.15, 0.2) is 0 Å². The molecule has 2 nitrogen and oxygen atoms in total. The predicted molar refractivity (Wildman–Crippen MR) is 58.1 cm³/mol. The molecular weight excluding hydrogens is 160 g/mol. The van der Waals surface area contributed by atoms with Crippen LogP contribution in [0.2, 0.25) is 0 Å². The van der Waals surface area contributed by atoms with E-state index in [9.17, 15) is 0 Å². The van der Waals surface area contributed by atoms with E-state index in [2.05, 4.69) is 23.8 Å². The van der Waals surface area contributed by atoms with Crippen LogP contribution in [0.5, 0.6) is 0 Å². The van der Waals surface area contributed by atoms with Crippen molar-refractivity contribution in [2.75, 3.05) is 33.2 Å². The molecule has 0 aromatic carbocycles. The minimum absolute atomic E-state index is 0.615. The van der Waals surface area contributed by atoms with Crippen molar-refractivity contribution in [3.05, 3.63) is 0 Å². The first-order valence-electron chi connectivity index (χ1n) is 5.70. The summed E-state index contributed by atoms with van der Waals surface area (Å²) in [6.07, 6.45) is 2.84. The first-order chi connectivity index (χ1) is 6.27. The lowest BCUT2D eigenvalue weighted by Gasteiger charge is -2.50. The standard InChI is InChI=1S/C9H18N2.C2H6/c1-3-11-7-5-9(11)4-6-10(2)8-9;1-2/h3-8H2,1-2H3;1-2H3. The number of likely N-dealkylation sites (tertiary alicyclic amines) is 2. The maximum Gasteiger partial charge on any atom is 0.0360 e. The average Bonchev–Trinajstić information content (AvgIpc) is 2.53. The van der Waals surface area contributed by atoms with Gasteiger partial charge in [0.1, 0.15) is 0 Å². The number of likely N-dealkylation sites (N-methyl/N-ethyl adjacent to an activating group) is 2. The molecule has 0 saturated carbocycles. The highest BCUT2D eigenvalue weighted by molar-refractivity contribution is 5.04. The van der Waals surface area contributed by atoms with E-state index in [4.69, 9.17) is 0 Å². The van der Waals surface area contributed by atoms with Crippen LogP contribution in [0, 0.1) is 0 Å². The molecular formula is C11H24N2. The zero-order valence-electron chi connectivity index (χ0n) is 9.64. The van der Waals surface area contributed by atoms with E-state index in [1.165, 1.54) is 39.0 Å². The van der Waals surface area contributed by atoms with Gasteiger partial charge in [-0.3, -0.25) is 4.90 Å². The molecule has 0 aliphatic carbocycles. The van der Waals surface area contributed by atoms with Crippen molar-refractivity contribution in [3.63, 3.8) is 0 Å². The fourth-order valence-electron chi connectivity index (χ4n) is 2.60. The second-order valence-corrected chi connectivity index (χ2v) is 4.04. The zero-order chi connectivity index (χ0) is 9.90. The van der Waals surface area contributed by atoms with Gasteiger partial charge in [0.25, 0.3) is 0 Å². The molecule has 13 heavy (non-hydrogen) atoms. The van der Waals surface area contributed by atoms with Crippen molar-refractivity contribution in [2.24, 2.45) is 0 Å². The van der Waals surface area contributed by atoms with Gasteiger partial charge in [0.05, 0.1) is 0 Å². The van der Waals surface area contributed by atoms with Gasteiger partial charge in [0, 0.05) is 18.6 Å². The van der Waals surface area contributed by atoms with Crippen molar-refractivity contribution in [1.29, 1.82) is 0 Å². The summed E-state index contributed by atoms with van der Waals surface area (Å²) in [4.78, 5) is 5.10. The highest BCUT2D eigenvalue weighted by atomic mass is 15.3. The minimum Gasteiger partial charge on any atom is -0.304 e. The van der Waals surface area contributed by atoms with Crippen LogP contribution in [0.3, 0.4) is 0 Å². The van der Waals surface area contributed by atoms with Gasteiger partial charge in [-0.1, -0.05) is 20.8 Å². The van der Waals surface area contributed by atoms with Gasteiger partial charge < -0.3 is 4.90 Å². The van der Waals surface area contributed by atoms with E-state index in [0.29, 0.717) is 5.54 Å². The third-order valence-corrected chi connectivity index (χ3v) is 3.42. The van der Waals surface area contributed by atoms with Crippen LogP contribution in [0.4, 0.5) is 0 Å². The van der Waals surface area contributed by atoms with Gasteiger partial charge >= 0.3 is 0 Å². The molecule has 2 aliphatic rings. The fourth-order valence-corrected chi connectivity index (χ4v) is 2.60. The van der Waals surface area contributed by atoms with Gasteiger partial charge in [-0.25, -0.2) is 0 Å². The van der Waals surface area contributed by atoms with Crippen LogP contribution in [0.25, 0.3) is 0 Å². The topological polar surface area (TPSA) is 6.48 Å². The molecule has 78 valence electrons. The molecule has 2 fully saturated rings. The van der Waals surface area contributed by atoms with E-state index in [-0.39, 0.29) is 0 Å². The number of nitrogens with zero attached hydrogens (tertiary/aromatic N) is 2. The highest BCUT2D eigenvalue weighted by Gasteiger charge is 2.47. The smallest absolute Gasteiger partial charge is 0.0360 e. The Morgan fingerprint density at radius 1 is 1.15 bits per heavy atom. The molecule has 0 aromatic rings. The quantitative estimate of drug-likeness (QED) is 0.613. The Labute approximate surface area is 82.9 Å². The second kappa shape index (κ2) is 4.43. The lowest BCUT2D eigenvalue weighted by molar-refractivity contribution is 0.000304. The number of rotatable bonds is 1. The molecule has 1 unspecified atom stereocenters. The Kier molecular flexibility index (Phi) is 3.74. The average molecular weight is 184 g/mol. The molecule has 0 bridgehead atoms. The van der Waals surface area contributed by atoms with Crippen molar-refractivity contribution < 1.29 is 0 Å². The van der Waals surface area contributed by atoms with E-state index in [1.807, 2.05) is 13.8 Å². The molecule has 1 atom stereocenters. The van der Waals surface area contributed by atoms with E-state index in [0.717, 1.165) is 0 Å². The van der Waals surface area contributed by atoms with Crippen molar-refractivity contribution >= 4 is 0 Å². The molecule has 0 amide bonds. The van der Waals surface area contributed by atoms with Crippen molar-refractivity contribution in [3.8, 4) is 0 Å². The van der Waals surface area contributed by atoms with Gasteiger partial charge in [-0.05, 0) is 33.0 Å². The predicted octanol–water partition coefficient (Wildman–Crippen LogP) is 1.81. The van der Waals surface area contributed by atoms with Gasteiger partial charge in [-0.15, -0.1) is 0 Å². The summed E-state index contributed by atoms with van der Waals surface area (Å²) in [5.41, 5.74) is 0.615. The Morgan fingerprint density at radius 2 is 1.77 bits per heavy atom. The molecule has 0 radical (unpaired) electrons. The molecule has 2 aliphatic heterocycles. The van der Waals surface area contributed by atoms with Crippen molar-refractivity contribution in [2.45, 2.75) is 39.2 Å². The first kappa shape index (κ1) is 11.0. The number of hydrogen-bond donors (Lipinski definition) is 0. The third-order valence-electron chi connectivity index (χ3n) is 3.42. The Hall–Kier alpha value is -0.0800. The fraction of sp³-hybridized carbons (Fsp3) is 1.00. The van der Waals surface area contributed by atoms with Crippen LogP contribution in [-0.4, -0.2) is 48.6 Å². The van der Waals surface area contributed by atoms with Gasteiger partial charge in [0.2, 0.25) is 0 Å². The summed E-state index contributed by atoms with van der Waals surface area (Å²) in [7, 11) is 2.24. The minimum atomic E-state index is 0.615. The maximum absolute atomic E-state index is 2.64. The summed E-state index contributed by atoms with van der Waals surface area (Å²) in [5, 5.41) is 0. The second-order valence-electron chi connectivity index (χ2n) is 4.04. The molecule has 2 heterocycles. The first-order valence-corrected chi connectivity index (χ1v) is 5.70. The van der Waals surface area contributed by atoms with E-state index in [1.54, 1.807) is 0 Å². The van der Waals surface area contributed by atoms with Crippen LogP contribution >= 0.6 is 0 Å². The largest absolute Gasteiger partial charge is 0.304 e. The lowest BCUT2D eigenvalue weighted by Crippen LogP contribution is -2.60. The van der Waals surface area contributed by atoms with Crippen LogP contribution < -0.4 is 0 Å². The molecule has 2 rings (SSSR count). The molecule has 2 saturated heterocycles. The number of hydrogen-bond acceptors (Lipinski definition) is 2. The monoisotopic (exact) mass is 184 g/mol. The highest BCUT2D eigenvalue weighted by Crippen LogP contribution is 2.37. The zero-order valence-corrected chi connectivity index (χ0v) is 9.64. The van der Waals surface area contributed by atoms with Crippen molar-refractivity contribution in [1.82, 2.24) is 9.80 Å². The van der Waals surface area contributed by atoms with Gasteiger partial charge in [0.15, 0.2) is 0 Å². The molecule has 0 N–H and O–H groups in total. The summed E-state index contributed by atoms with van der Waals surface area (Å²) in [5.74, 6) is 0. The molecule has 2 heteroatoms. The molecule has 0 aromatic heterocycles. The SMILES string of the molecule is CC.CCN1CCC12CCN(C)C2. The normalized spacial score (nSPS) is 34.2. The van der Waals surface area contributed by atoms with Crippen LogP contribution in [-0.2, 0) is 0 Å². The summed E-state index contributed by atoms with van der Waals surface area (Å²) in [6.45, 7) is 11.5. The summed E-state index contributed by atoms with van der Waals surface area (Å²) in [6, 6.07) is 0. The van der Waals surface area contributed by atoms with Crippen LogP contribution in [0.1, 0.15) is 33.6 Å². The van der Waals surface area contributed by atoms with E-state index < -0.39 is 0 Å². The maximum atomic E-state index is 2.64.